The third-order valence-corrected chi connectivity index (χ3v) is 3.85. The van der Waals surface area contributed by atoms with Gasteiger partial charge >= 0.3 is 0 Å². The molecule has 6 nitrogen and oxygen atoms in total. The van der Waals surface area contributed by atoms with Gasteiger partial charge in [0.05, 0.1) is 5.56 Å². The number of amides is 2. The summed E-state index contributed by atoms with van der Waals surface area (Å²) in [5.74, 6) is -0.720. The first-order valence-electron chi connectivity index (χ1n) is 8.34. The summed E-state index contributed by atoms with van der Waals surface area (Å²) in [5, 5.41) is 9.63. The number of hydrogen-bond acceptors (Lipinski definition) is 4. The molecule has 6 heteroatoms. The molecule has 0 saturated carbocycles. The van der Waals surface area contributed by atoms with Gasteiger partial charge in [0.15, 0.2) is 6.10 Å². The number of hydrazine groups is 1. The van der Waals surface area contributed by atoms with Crippen LogP contribution in [0.4, 0.5) is 0 Å². The highest BCUT2D eigenvalue weighted by Crippen LogP contribution is 2.24. The minimum absolute atomic E-state index is 0.0365. The Morgan fingerprint density at radius 1 is 1.00 bits per heavy atom. The van der Waals surface area contributed by atoms with Crippen molar-refractivity contribution in [2.45, 2.75) is 39.2 Å². The maximum atomic E-state index is 12.1. The summed E-state index contributed by atoms with van der Waals surface area (Å²) in [6, 6.07) is 13.6. The number of para-hydroxylation sites is 1. The molecule has 2 rings (SSSR count). The third kappa shape index (κ3) is 4.99. The molecule has 26 heavy (non-hydrogen) atoms. The van der Waals surface area contributed by atoms with Crippen molar-refractivity contribution < 1.29 is 19.4 Å². The van der Waals surface area contributed by atoms with Crippen LogP contribution < -0.4 is 15.6 Å². The first-order valence-corrected chi connectivity index (χ1v) is 8.34. The summed E-state index contributed by atoms with van der Waals surface area (Å²) in [6.07, 6.45) is -0.805. The second-order valence-electron chi connectivity index (χ2n) is 6.99. The third-order valence-electron chi connectivity index (χ3n) is 3.85. The molecule has 0 heterocycles. The summed E-state index contributed by atoms with van der Waals surface area (Å²) in [5.41, 5.74) is 5.81. The predicted octanol–water partition coefficient (Wildman–Crippen LogP) is 2.92. The second kappa shape index (κ2) is 7.91. The zero-order valence-electron chi connectivity index (χ0n) is 15.4. The monoisotopic (exact) mass is 356 g/mol. The number of phenols is 1. The molecule has 3 N–H and O–H groups in total. The van der Waals surface area contributed by atoms with Crippen LogP contribution in [0, 0.1) is 0 Å². The van der Waals surface area contributed by atoms with E-state index in [-0.39, 0.29) is 16.7 Å². The van der Waals surface area contributed by atoms with Gasteiger partial charge in [0.1, 0.15) is 11.5 Å². The SMILES string of the molecule is CC(Oc1ccc(C(C)(C)C)cc1)C(=O)NNC(=O)c1ccccc1O. The number of hydrogen-bond donors (Lipinski definition) is 3. The number of carbonyl (C=O) groups excluding carboxylic acids is 2. The first-order chi connectivity index (χ1) is 12.2. The Bertz CT molecular complexity index is 779. The van der Waals surface area contributed by atoms with E-state index in [1.807, 2.05) is 24.3 Å². The molecule has 0 bridgehead atoms. The van der Waals surface area contributed by atoms with Crippen LogP contribution in [0.15, 0.2) is 48.5 Å². The van der Waals surface area contributed by atoms with Crippen LogP contribution in [-0.2, 0) is 10.2 Å². The van der Waals surface area contributed by atoms with Crippen molar-refractivity contribution in [3.05, 3.63) is 59.7 Å². The van der Waals surface area contributed by atoms with E-state index < -0.39 is 17.9 Å². The largest absolute Gasteiger partial charge is 0.507 e. The van der Waals surface area contributed by atoms with Crippen LogP contribution >= 0.6 is 0 Å². The fraction of sp³-hybridized carbons (Fsp3) is 0.300. The highest BCUT2D eigenvalue weighted by molar-refractivity contribution is 5.97. The Labute approximate surface area is 153 Å². The van der Waals surface area contributed by atoms with Crippen molar-refractivity contribution in [2.75, 3.05) is 0 Å². The van der Waals surface area contributed by atoms with Crippen molar-refractivity contribution in [1.82, 2.24) is 10.9 Å². The molecule has 2 aromatic carbocycles. The summed E-state index contributed by atoms with van der Waals surface area (Å²) in [7, 11) is 0. The predicted molar refractivity (Wildman–Crippen MR) is 98.9 cm³/mol. The van der Waals surface area contributed by atoms with E-state index in [4.69, 9.17) is 4.74 Å². The maximum Gasteiger partial charge on any atom is 0.279 e. The fourth-order valence-electron chi connectivity index (χ4n) is 2.24. The number of ether oxygens (including phenoxy) is 1. The standard InChI is InChI=1S/C20H24N2O4/c1-13(26-15-11-9-14(10-12-15)20(2,3)4)18(24)21-22-19(25)16-7-5-6-8-17(16)23/h5-13,23H,1-4H3,(H,21,24)(H,22,25). The van der Waals surface area contributed by atoms with E-state index in [0.29, 0.717) is 5.75 Å². The molecule has 2 aromatic rings. The number of benzene rings is 2. The number of carbonyl (C=O) groups is 2. The molecule has 0 fully saturated rings. The van der Waals surface area contributed by atoms with Gasteiger partial charge in [0, 0.05) is 0 Å². The Morgan fingerprint density at radius 2 is 1.62 bits per heavy atom. The number of aromatic hydroxyl groups is 1. The zero-order chi connectivity index (χ0) is 19.3. The van der Waals surface area contributed by atoms with Crippen molar-refractivity contribution in [3.8, 4) is 11.5 Å². The molecule has 0 aliphatic heterocycles. The van der Waals surface area contributed by atoms with Gasteiger partial charge in [-0.05, 0) is 42.2 Å². The molecule has 138 valence electrons. The van der Waals surface area contributed by atoms with E-state index in [1.165, 1.54) is 12.1 Å². The van der Waals surface area contributed by atoms with Crippen LogP contribution in [0.5, 0.6) is 11.5 Å². The normalized spacial score (nSPS) is 12.2. The number of phenolic OH excluding ortho intramolecular Hbond substituents is 1. The van der Waals surface area contributed by atoms with Gasteiger partial charge in [-0.1, -0.05) is 45.0 Å². The maximum absolute atomic E-state index is 12.1. The van der Waals surface area contributed by atoms with Gasteiger partial charge in [-0.25, -0.2) is 0 Å². The van der Waals surface area contributed by atoms with Crippen molar-refractivity contribution in [1.29, 1.82) is 0 Å². The van der Waals surface area contributed by atoms with Crippen LogP contribution in [-0.4, -0.2) is 23.0 Å². The van der Waals surface area contributed by atoms with Crippen LogP contribution in [0.25, 0.3) is 0 Å². The summed E-state index contributed by atoms with van der Waals surface area (Å²) >= 11 is 0. The lowest BCUT2D eigenvalue weighted by Gasteiger charge is -2.20. The molecule has 1 unspecified atom stereocenters. The molecule has 0 radical (unpaired) electrons. The Kier molecular flexibility index (Phi) is 5.87. The molecule has 1 atom stereocenters. The average Bonchev–Trinajstić information content (AvgIpc) is 2.59. The Morgan fingerprint density at radius 3 is 2.19 bits per heavy atom. The first kappa shape index (κ1) is 19.3. The van der Waals surface area contributed by atoms with E-state index >= 15 is 0 Å². The van der Waals surface area contributed by atoms with Crippen molar-refractivity contribution in [2.24, 2.45) is 0 Å². The Balaban J connectivity index is 1.89. The molecule has 0 spiro atoms. The topological polar surface area (TPSA) is 87.7 Å². The van der Waals surface area contributed by atoms with Crippen molar-refractivity contribution >= 4 is 11.8 Å². The fourth-order valence-corrected chi connectivity index (χ4v) is 2.24. The molecular weight excluding hydrogens is 332 g/mol. The lowest BCUT2D eigenvalue weighted by molar-refractivity contribution is -0.128. The highest BCUT2D eigenvalue weighted by Gasteiger charge is 2.18. The number of nitrogens with one attached hydrogen (secondary N) is 2. The van der Waals surface area contributed by atoms with E-state index in [0.717, 1.165) is 5.56 Å². The van der Waals surface area contributed by atoms with Gasteiger partial charge < -0.3 is 9.84 Å². The minimum Gasteiger partial charge on any atom is -0.507 e. The lowest BCUT2D eigenvalue weighted by Crippen LogP contribution is -2.47. The second-order valence-corrected chi connectivity index (χ2v) is 6.99. The minimum atomic E-state index is -0.805. The average molecular weight is 356 g/mol. The lowest BCUT2D eigenvalue weighted by atomic mass is 9.87. The van der Waals surface area contributed by atoms with Crippen molar-refractivity contribution in [3.63, 3.8) is 0 Å². The molecular formula is C20H24N2O4. The molecule has 0 aliphatic carbocycles. The van der Waals surface area contributed by atoms with Gasteiger partial charge in [0.2, 0.25) is 0 Å². The summed E-state index contributed by atoms with van der Waals surface area (Å²) in [4.78, 5) is 24.0. The molecule has 0 aromatic heterocycles. The molecule has 2 amide bonds. The van der Waals surface area contributed by atoms with E-state index in [2.05, 4.69) is 31.6 Å². The van der Waals surface area contributed by atoms with Crippen LogP contribution in [0.2, 0.25) is 0 Å². The quantitative estimate of drug-likeness (QED) is 0.735. The van der Waals surface area contributed by atoms with Crippen LogP contribution in [0.3, 0.4) is 0 Å². The zero-order valence-corrected chi connectivity index (χ0v) is 15.4. The van der Waals surface area contributed by atoms with Gasteiger partial charge in [0.25, 0.3) is 11.8 Å². The Hall–Kier alpha value is -3.02. The van der Waals surface area contributed by atoms with Gasteiger partial charge in [-0.15, -0.1) is 0 Å². The molecule has 0 aliphatic rings. The number of rotatable bonds is 4. The smallest absolute Gasteiger partial charge is 0.279 e. The highest BCUT2D eigenvalue weighted by atomic mass is 16.5. The molecule has 0 saturated heterocycles. The van der Waals surface area contributed by atoms with E-state index in [1.54, 1.807) is 19.1 Å². The van der Waals surface area contributed by atoms with Crippen LogP contribution in [0.1, 0.15) is 43.6 Å². The summed E-state index contributed by atoms with van der Waals surface area (Å²) in [6.45, 7) is 7.93. The van der Waals surface area contributed by atoms with E-state index in [9.17, 15) is 14.7 Å². The van der Waals surface area contributed by atoms with Gasteiger partial charge in [-0.3, -0.25) is 20.4 Å². The summed E-state index contributed by atoms with van der Waals surface area (Å²) < 4.78 is 5.59. The van der Waals surface area contributed by atoms with Gasteiger partial charge in [-0.2, -0.15) is 0 Å².